The number of nitrogens with zero attached hydrogens (tertiary/aromatic N) is 2. The van der Waals surface area contributed by atoms with Crippen molar-refractivity contribution in [1.29, 1.82) is 5.26 Å². The Kier molecular flexibility index (Phi) is 9.23. The maximum atomic E-state index is 12.9. The van der Waals surface area contributed by atoms with Crippen LogP contribution in [0.4, 0.5) is 10.5 Å². The zero-order valence-corrected chi connectivity index (χ0v) is 25.6. The van der Waals surface area contributed by atoms with Crippen LogP contribution in [0, 0.1) is 17.2 Å². The molecule has 2 heterocycles. The number of nitriles is 1. The number of ether oxygens (including phenoxy) is 2. The van der Waals surface area contributed by atoms with Gasteiger partial charge in [-0.05, 0) is 96.6 Å². The van der Waals surface area contributed by atoms with E-state index in [4.69, 9.17) is 32.7 Å². The van der Waals surface area contributed by atoms with Gasteiger partial charge in [-0.15, -0.1) is 0 Å². The molecule has 2 amide bonds. The van der Waals surface area contributed by atoms with Crippen LogP contribution in [0.2, 0.25) is 10.0 Å². The molecule has 2 aliphatic heterocycles. The highest BCUT2D eigenvalue weighted by molar-refractivity contribution is 6.35. The third kappa shape index (κ3) is 7.28. The Bertz CT molecular complexity index is 1660. The lowest BCUT2D eigenvalue weighted by Gasteiger charge is -2.36. The number of carbonyl (C=O) groups is 1. The van der Waals surface area contributed by atoms with Gasteiger partial charge in [0.25, 0.3) is 0 Å². The van der Waals surface area contributed by atoms with Crippen LogP contribution in [0.3, 0.4) is 0 Å². The van der Waals surface area contributed by atoms with E-state index in [0.717, 1.165) is 55.1 Å². The predicted octanol–water partition coefficient (Wildman–Crippen LogP) is 8.08. The number of anilines is 1. The van der Waals surface area contributed by atoms with Crippen LogP contribution < -0.4 is 20.1 Å². The fourth-order valence-corrected chi connectivity index (χ4v) is 6.59. The van der Waals surface area contributed by atoms with Crippen molar-refractivity contribution in [3.63, 3.8) is 0 Å². The molecule has 224 valence electrons. The molecule has 7 nitrogen and oxygen atoms in total. The maximum absolute atomic E-state index is 12.9. The Hall–Kier alpha value is -4.22. The van der Waals surface area contributed by atoms with Crippen molar-refractivity contribution in [2.24, 2.45) is 5.92 Å². The molecule has 4 aromatic rings. The zero-order chi connectivity index (χ0) is 30.5. The van der Waals surface area contributed by atoms with E-state index in [1.54, 1.807) is 24.3 Å². The monoisotopic (exact) mass is 626 g/mol. The Labute approximate surface area is 267 Å². The van der Waals surface area contributed by atoms with Gasteiger partial charge in [-0.1, -0.05) is 65.7 Å². The van der Waals surface area contributed by atoms with E-state index >= 15 is 0 Å². The van der Waals surface area contributed by atoms with Crippen LogP contribution in [0.1, 0.15) is 35.4 Å². The second kappa shape index (κ2) is 13.6. The zero-order valence-electron chi connectivity index (χ0n) is 24.1. The van der Waals surface area contributed by atoms with Gasteiger partial charge >= 0.3 is 6.03 Å². The fraction of sp³-hybridized carbons (Fsp3) is 0.257. The highest BCUT2D eigenvalue weighted by atomic mass is 35.5. The third-order valence-corrected chi connectivity index (χ3v) is 8.75. The summed E-state index contributed by atoms with van der Waals surface area (Å²) >= 11 is 12.2. The molecule has 1 atom stereocenters. The smallest absolute Gasteiger partial charge is 0.319 e. The largest absolute Gasteiger partial charge is 0.454 e. The summed E-state index contributed by atoms with van der Waals surface area (Å²) in [5, 5.41) is 16.2. The second-order valence-corrected chi connectivity index (χ2v) is 12.1. The number of rotatable bonds is 8. The summed E-state index contributed by atoms with van der Waals surface area (Å²) in [5.74, 6) is 2.12. The van der Waals surface area contributed by atoms with E-state index in [1.807, 2.05) is 24.3 Å². The number of piperidine rings is 1. The van der Waals surface area contributed by atoms with Crippen LogP contribution >= 0.6 is 23.2 Å². The second-order valence-electron chi connectivity index (χ2n) is 11.2. The van der Waals surface area contributed by atoms with Gasteiger partial charge in [0.15, 0.2) is 11.5 Å². The van der Waals surface area contributed by atoms with E-state index in [9.17, 15) is 10.1 Å². The molecule has 0 saturated carbocycles. The van der Waals surface area contributed by atoms with Gasteiger partial charge in [0.1, 0.15) is 0 Å². The number of nitrogens with one attached hydrogen (secondary N) is 2. The molecule has 1 unspecified atom stereocenters. The molecule has 44 heavy (non-hydrogen) atoms. The number of halogens is 2. The quantitative estimate of drug-likeness (QED) is 0.206. The first-order valence-corrected chi connectivity index (χ1v) is 15.4. The summed E-state index contributed by atoms with van der Waals surface area (Å²) in [6.07, 6.45) is 2.02. The van der Waals surface area contributed by atoms with Crippen LogP contribution in [-0.4, -0.2) is 37.4 Å². The maximum Gasteiger partial charge on any atom is 0.319 e. The first kappa shape index (κ1) is 29.8. The molecule has 2 N–H and O–H groups in total. The van der Waals surface area contributed by atoms with E-state index < -0.39 is 0 Å². The summed E-state index contributed by atoms with van der Waals surface area (Å²) in [7, 11) is 0. The van der Waals surface area contributed by atoms with Crippen molar-refractivity contribution >= 4 is 34.9 Å². The number of hydrogen-bond donors (Lipinski definition) is 2. The number of carbonyl (C=O) groups excluding carboxylic acids is 1. The van der Waals surface area contributed by atoms with Gasteiger partial charge in [-0.3, -0.25) is 4.90 Å². The van der Waals surface area contributed by atoms with Crippen LogP contribution in [-0.2, 0) is 6.54 Å². The minimum atomic E-state index is -0.307. The molecule has 6 rings (SSSR count). The standard InChI is InChI=1S/C35H32Cl2N4O3/c36-29-16-30(37)18-31(17-29)40-35(42)39-20-32(26-7-5-25(6-8-26)28-3-1-2-23(14-28)19-38)27-10-12-41(13-11-27)21-24-4-9-33-34(15-24)44-22-43-33/h1-9,14-18,27,32H,10-13,20-22H2,(H2,39,40,42). The van der Waals surface area contributed by atoms with Gasteiger partial charge in [0, 0.05) is 34.7 Å². The van der Waals surface area contributed by atoms with Gasteiger partial charge < -0.3 is 20.1 Å². The average Bonchev–Trinajstić information content (AvgIpc) is 3.50. The summed E-state index contributed by atoms with van der Waals surface area (Å²) in [4.78, 5) is 15.4. The predicted molar refractivity (Wildman–Crippen MR) is 173 cm³/mol. The molecule has 9 heteroatoms. The number of fused-ring (bicyclic) bond motifs is 1. The van der Waals surface area contributed by atoms with Crippen LogP contribution in [0.15, 0.2) is 84.9 Å². The Morgan fingerprint density at radius 3 is 2.41 bits per heavy atom. The van der Waals surface area contributed by atoms with Crippen molar-refractivity contribution < 1.29 is 14.3 Å². The van der Waals surface area contributed by atoms with Crippen LogP contribution in [0.5, 0.6) is 11.5 Å². The molecule has 2 aliphatic rings. The number of urea groups is 1. The molecule has 1 fully saturated rings. The van der Waals surface area contributed by atoms with Crippen LogP contribution in [0.25, 0.3) is 11.1 Å². The van der Waals surface area contributed by atoms with Gasteiger partial charge in [-0.2, -0.15) is 5.26 Å². The Morgan fingerprint density at radius 2 is 1.66 bits per heavy atom. The normalized spacial score (nSPS) is 15.4. The molecular weight excluding hydrogens is 595 g/mol. The van der Waals surface area contributed by atoms with Gasteiger partial charge in [0.05, 0.1) is 11.6 Å². The SMILES string of the molecule is N#Cc1cccc(-c2ccc(C(CNC(=O)Nc3cc(Cl)cc(Cl)c3)C3CCN(Cc4ccc5c(c4)OCO5)CC3)cc2)c1. The molecule has 0 spiro atoms. The number of likely N-dealkylation sites (tertiary alicyclic amines) is 1. The summed E-state index contributed by atoms with van der Waals surface area (Å²) in [5.41, 5.74) is 5.60. The van der Waals surface area contributed by atoms with E-state index in [1.165, 1.54) is 11.1 Å². The Morgan fingerprint density at radius 1 is 0.909 bits per heavy atom. The highest BCUT2D eigenvalue weighted by Crippen LogP contribution is 2.36. The molecule has 0 radical (unpaired) electrons. The molecule has 0 aromatic heterocycles. The van der Waals surface area contributed by atoms with Gasteiger partial charge in [-0.25, -0.2) is 4.79 Å². The van der Waals surface area contributed by atoms with E-state index in [2.05, 4.69) is 58.0 Å². The average molecular weight is 628 g/mol. The molecule has 0 aliphatic carbocycles. The molecule has 4 aromatic carbocycles. The third-order valence-electron chi connectivity index (χ3n) is 8.31. The van der Waals surface area contributed by atoms with E-state index in [0.29, 0.717) is 33.8 Å². The Balaban J connectivity index is 1.15. The molecule has 1 saturated heterocycles. The van der Waals surface area contributed by atoms with Crippen molar-refractivity contribution in [2.75, 3.05) is 31.7 Å². The summed E-state index contributed by atoms with van der Waals surface area (Å²) in [6, 6.07) is 29.1. The first-order valence-electron chi connectivity index (χ1n) is 14.7. The summed E-state index contributed by atoms with van der Waals surface area (Å²) in [6.45, 7) is 3.53. The minimum absolute atomic E-state index is 0.121. The lowest BCUT2D eigenvalue weighted by molar-refractivity contribution is 0.160. The molecular formula is C35H32Cl2N4O3. The van der Waals surface area contributed by atoms with Crippen molar-refractivity contribution in [3.8, 4) is 28.7 Å². The number of hydrogen-bond acceptors (Lipinski definition) is 5. The molecule has 0 bridgehead atoms. The minimum Gasteiger partial charge on any atom is -0.454 e. The van der Waals surface area contributed by atoms with Crippen molar-refractivity contribution in [1.82, 2.24) is 10.2 Å². The highest BCUT2D eigenvalue weighted by Gasteiger charge is 2.28. The number of amides is 2. The van der Waals surface area contributed by atoms with Crippen molar-refractivity contribution in [2.45, 2.75) is 25.3 Å². The topological polar surface area (TPSA) is 86.6 Å². The lowest BCUT2D eigenvalue weighted by atomic mass is 9.79. The first-order chi connectivity index (χ1) is 21.4. The van der Waals surface area contributed by atoms with Crippen molar-refractivity contribution in [3.05, 3.63) is 112 Å². The number of benzene rings is 4. The van der Waals surface area contributed by atoms with Gasteiger partial charge in [0.2, 0.25) is 6.79 Å². The fourth-order valence-electron chi connectivity index (χ4n) is 6.06. The summed E-state index contributed by atoms with van der Waals surface area (Å²) < 4.78 is 11.0. The lowest BCUT2D eigenvalue weighted by Crippen LogP contribution is -2.39. The van der Waals surface area contributed by atoms with E-state index in [-0.39, 0.29) is 18.7 Å².